The first-order valence-electron chi connectivity index (χ1n) is 14.7. The van der Waals surface area contributed by atoms with E-state index in [0.717, 1.165) is 55.6 Å². The Bertz CT molecular complexity index is 1740. The fourth-order valence-corrected chi connectivity index (χ4v) is 7.42. The van der Waals surface area contributed by atoms with Gasteiger partial charge in [0, 0.05) is 38.8 Å². The summed E-state index contributed by atoms with van der Waals surface area (Å²) >= 11 is 0. The summed E-state index contributed by atoms with van der Waals surface area (Å²) in [6.07, 6.45) is 10.5. The third-order valence-corrected chi connectivity index (χ3v) is 9.86. The maximum absolute atomic E-state index is 13.4. The van der Waals surface area contributed by atoms with Gasteiger partial charge in [0.05, 0.1) is 7.11 Å². The molecule has 0 spiro atoms. The molecule has 4 aliphatic rings. The van der Waals surface area contributed by atoms with Crippen LogP contribution in [0.25, 0.3) is 40.5 Å². The van der Waals surface area contributed by atoms with Crippen LogP contribution in [0.1, 0.15) is 73.5 Å². The molecule has 8 heteroatoms. The maximum atomic E-state index is 13.4. The summed E-state index contributed by atoms with van der Waals surface area (Å²) in [5.41, 5.74) is 7.27. The molecular weight excluding hydrogens is 619 g/mol. The molecule has 1 fully saturated rings. The van der Waals surface area contributed by atoms with Gasteiger partial charge in [-0.15, -0.1) is 51.7 Å². The Morgan fingerprint density at radius 3 is 2.45 bits per heavy atom. The summed E-state index contributed by atoms with van der Waals surface area (Å²) in [6, 6.07) is -0.514. The number of rotatable bonds is 5. The molecule has 1 saturated heterocycles. The van der Waals surface area contributed by atoms with Crippen molar-refractivity contribution in [2.24, 2.45) is 11.8 Å². The van der Waals surface area contributed by atoms with Gasteiger partial charge in [0.15, 0.2) is 5.78 Å². The van der Waals surface area contributed by atoms with Gasteiger partial charge < -0.3 is 25.3 Å². The molecule has 0 radical (unpaired) electrons. The number of methoxy groups -OCH3 is 1. The first-order valence-corrected chi connectivity index (χ1v) is 14.7. The van der Waals surface area contributed by atoms with E-state index in [-0.39, 0.29) is 68.2 Å². The zero-order chi connectivity index (χ0) is 29.2. The predicted octanol–water partition coefficient (Wildman–Crippen LogP) is 2.83. The van der Waals surface area contributed by atoms with Crippen LogP contribution < -0.4 is 31.4 Å². The van der Waals surface area contributed by atoms with E-state index in [9.17, 15) is 9.59 Å². The third-order valence-electron chi connectivity index (χ3n) is 9.86. The quantitative estimate of drug-likeness (QED) is 0.280. The molecule has 6 rings (SSSR count). The van der Waals surface area contributed by atoms with E-state index in [2.05, 4.69) is 52.5 Å². The Hall–Kier alpha value is -2.76. The van der Waals surface area contributed by atoms with Gasteiger partial charge in [-0.05, 0) is 39.2 Å². The molecule has 0 N–H and O–H groups in total. The molecule has 226 valence electrons. The average Bonchev–Trinajstić information content (AvgIpc) is 3.70. The second-order valence-electron chi connectivity index (χ2n) is 11.9. The number of ether oxygens (including phenoxy) is 1. The van der Waals surface area contributed by atoms with E-state index in [4.69, 9.17) is 25.3 Å². The molecule has 2 aromatic heterocycles. The van der Waals surface area contributed by atoms with Crippen LogP contribution in [-0.4, -0.2) is 43.0 Å². The zero-order valence-electron chi connectivity index (χ0n) is 25.1. The minimum Gasteiger partial charge on any atom is -0.658 e. The Morgan fingerprint density at radius 2 is 1.76 bits per heavy atom. The molecule has 0 saturated carbocycles. The van der Waals surface area contributed by atoms with Gasteiger partial charge in [0.1, 0.15) is 0 Å². The summed E-state index contributed by atoms with van der Waals surface area (Å²) in [5.74, 6) is 0.0988. The fourth-order valence-electron chi connectivity index (χ4n) is 7.42. The van der Waals surface area contributed by atoms with Crippen molar-refractivity contribution in [3.8, 4) is 0 Å². The molecule has 0 aromatic carbocycles. The molecule has 6 unspecified atom stereocenters. The number of nitrogens with zero attached hydrogens (tertiary/aromatic N) is 4. The van der Waals surface area contributed by atoms with Gasteiger partial charge >= 0.3 is 5.97 Å². The standard InChI is InChI=1S/C34H38N4O3.Pd/c1-8-20-16(3)24-13-26-18(5)22(10-11-31(40)41-7)33(37-26)23-12-30(39)32-19(6)27(38-34(23)32)15-29-21(9-2)17(4)25(36-29)14-28(20)35-24;/h8,13-15,18,22,25-26,29,33H,1,9-12H2,2-7H3;/q-4;/b24-13-,27-15-,28-14-;. The summed E-state index contributed by atoms with van der Waals surface area (Å²) in [4.78, 5) is 35.8. The molecule has 3 aliphatic heterocycles. The molecule has 1 aliphatic carbocycles. The van der Waals surface area contributed by atoms with Gasteiger partial charge in [-0.1, -0.05) is 78.3 Å². The van der Waals surface area contributed by atoms with Crippen LogP contribution in [0.4, 0.5) is 0 Å². The molecule has 2 aromatic rings. The van der Waals surface area contributed by atoms with E-state index in [1.54, 1.807) is 0 Å². The van der Waals surface area contributed by atoms with Gasteiger partial charge in [-0.25, -0.2) is 0 Å². The number of carbonyl (C=O) groups is 2. The van der Waals surface area contributed by atoms with Crippen LogP contribution in [0.15, 0.2) is 17.7 Å². The van der Waals surface area contributed by atoms with Gasteiger partial charge in [-0.2, -0.15) is 0 Å². The van der Waals surface area contributed by atoms with E-state index in [1.165, 1.54) is 18.3 Å². The first-order chi connectivity index (χ1) is 19.7. The van der Waals surface area contributed by atoms with Crippen molar-refractivity contribution in [2.45, 2.75) is 84.5 Å². The third kappa shape index (κ3) is 4.87. The van der Waals surface area contributed by atoms with Crippen molar-refractivity contribution in [2.75, 3.05) is 7.11 Å². The molecule has 0 amide bonds. The van der Waals surface area contributed by atoms with Crippen molar-refractivity contribution < 1.29 is 34.7 Å². The van der Waals surface area contributed by atoms with Crippen LogP contribution in [0, 0.1) is 25.7 Å². The number of hydrogen-bond acceptors (Lipinski definition) is 3. The summed E-state index contributed by atoms with van der Waals surface area (Å²) in [7, 11) is 1.42. The molecule has 8 bridgehead atoms. The Labute approximate surface area is 261 Å². The van der Waals surface area contributed by atoms with E-state index in [1.807, 2.05) is 13.0 Å². The first kappa shape index (κ1) is 30.7. The largest absolute Gasteiger partial charge is 0.658 e. The topological polar surface area (TPSA) is 99.8 Å². The normalized spacial score (nSPS) is 30.2. The molecule has 6 atom stereocenters. The molecule has 5 heterocycles. The SMILES string of the molecule is C=Cc1c(C)/c2[n-]/c1=C\C1[N-]C(/C=c3\[n-]c4c(c3C)C(=O)CC=4C3[N-]C(\C=2)C(C)C3CCC(=O)OC)C(CC)=C1C.[Pd]. The summed E-state index contributed by atoms with van der Waals surface area (Å²) in [5, 5.41) is 13.9. The molecule has 7 nitrogen and oxygen atoms in total. The summed E-state index contributed by atoms with van der Waals surface area (Å²) < 4.78 is 4.97. The number of aromatic nitrogens is 2. The minimum absolute atomic E-state index is 0. The van der Waals surface area contributed by atoms with Crippen LogP contribution in [0.5, 0.6) is 0 Å². The second-order valence-corrected chi connectivity index (χ2v) is 11.9. The van der Waals surface area contributed by atoms with Gasteiger partial charge in [0.2, 0.25) is 0 Å². The fraction of sp³-hybridized carbons (Fsp3) is 0.471. The van der Waals surface area contributed by atoms with Crippen LogP contribution >= 0.6 is 0 Å². The Kier molecular flexibility index (Phi) is 8.57. The van der Waals surface area contributed by atoms with Gasteiger partial charge in [0.25, 0.3) is 0 Å². The molecular formula is C34H38N4O3Pd-4. The van der Waals surface area contributed by atoms with Crippen molar-refractivity contribution in [1.82, 2.24) is 9.97 Å². The average molecular weight is 657 g/mol. The predicted molar refractivity (Wildman–Crippen MR) is 162 cm³/mol. The number of carbonyl (C=O) groups excluding carboxylic acids is 2. The van der Waals surface area contributed by atoms with Crippen molar-refractivity contribution in [3.63, 3.8) is 0 Å². The minimum atomic E-state index is -0.229. The smallest absolute Gasteiger partial charge is 0.305 e. The van der Waals surface area contributed by atoms with Crippen molar-refractivity contribution in [1.29, 1.82) is 0 Å². The van der Waals surface area contributed by atoms with Crippen LogP contribution in [0.2, 0.25) is 0 Å². The van der Waals surface area contributed by atoms with E-state index >= 15 is 0 Å². The number of hydrogen-bond donors (Lipinski definition) is 0. The number of esters is 1. The van der Waals surface area contributed by atoms with Crippen LogP contribution in [-0.2, 0) is 30.0 Å². The maximum Gasteiger partial charge on any atom is 0.305 e. The number of Topliss-reactive ketones (excluding diaryl/α,β-unsaturated/α-hetero) is 1. The van der Waals surface area contributed by atoms with Gasteiger partial charge in [-0.3, -0.25) is 9.59 Å². The van der Waals surface area contributed by atoms with Crippen LogP contribution in [0.3, 0.4) is 0 Å². The van der Waals surface area contributed by atoms with Crippen molar-refractivity contribution >= 4 is 41.6 Å². The summed E-state index contributed by atoms with van der Waals surface area (Å²) in [6.45, 7) is 14.7. The zero-order valence-corrected chi connectivity index (χ0v) is 26.7. The number of fused-ring (bicyclic) bond motifs is 8. The monoisotopic (exact) mass is 656 g/mol. The van der Waals surface area contributed by atoms with E-state index in [0.29, 0.717) is 19.3 Å². The second kappa shape index (κ2) is 11.7. The number of ketones is 1. The molecule has 42 heavy (non-hydrogen) atoms. The van der Waals surface area contributed by atoms with Crippen molar-refractivity contribution in [3.05, 3.63) is 72.0 Å². The Balaban J connectivity index is 0.00000353. The Morgan fingerprint density at radius 1 is 1.05 bits per heavy atom. The van der Waals surface area contributed by atoms with E-state index < -0.39 is 0 Å².